The van der Waals surface area contributed by atoms with Gasteiger partial charge < -0.3 is 4.79 Å². The summed E-state index contributed by atoms with van der Waals surface area (Å²) in [5.74, 6) is 0. The molecule has 0 bridgehead atoms. The van der Waals surface area contributed by atoms with Crippen LogP contribution in [0.15, 0.2) is 16.8 Å². The number of aromatic nitrogens is 1. The van der Waals surface area contributed by atoms with Gasteiger partial charge >= 0.3 is 0 Å². The predicted molar refractivity (Wildman–Crippen MR) is 59.9 cm³/mol. The Bertz CT molecular complexity index is 444. The molecule has 0 saturated heterocycles. The highest BCUT2D eigenvalue weighted by atomic mass is 32.1. The molecule has 0 N–H and O–H groups in total. The number of carbonyl (C=O) groups excluding carboxylic acids is 1. The molecule has 4 heteroatoms. The zero-order valence-corrected chi connectivity index (χ0v) is 9.32. The minimum Gasteiger partial charge on any atom is -0.303 e. The molecule has 0 radical (unpaired) electrons. The quantitative estimate of drug-likeness (QED) is 0.749. The second kappa shape index (κ2) is 4.02. The highest BCUT2D eigenvalue weighted by molar-refractivity contribution is 7.14. The largest absolute Gasteiger partial charge is 0.303 e. The lowest BCUT2D eigenvalue weighted by molar-refractivity contribution is -0.107. The Morgan fingerprint density at radius 3 is 3.00 bits per heavy atom. The van der Waals surface area contributed by atoms with E-state index in [-0.39, 0.29) is 0 Å². The van der Waals surface area contributed by atoms with Crippen molar-refractivity contribution in [2.75, 3.05) is 0 Å². The summed E-state index contributed by atoms with van der Waals surface area (Å²) >= 11 is 3.24. The first-order valence-electron chi connectivity index (χ1n) is 4.24. The molecular weight excluding hydrogens is 214 g/mol. The molecule has 2 aromatic rings. The zero-order chi connectivity index (χ0) is 9.97. The van der Waals surface area contributed by atoms with Crippen molar-refractivity contribution in [2.45, 2.75) is 13.3 Å². The van der Waals surface area contributed by atoms with E-state index in [1.54, 1.807) is 22.7 Å². The molecule has 2 rings (SSSR count). The van der Waals surface area contributed by atoms with Crippen molar-refractivity contribution in [1.82, 2.24) is 4.98 Å². The topological polar surface area (TPSA) is 30.0 Å². The summed E-state index contributed by atoms with van der Waals surface area (Å²) < 4.78 is 0. The number of aldehydes is 1. The third-order valence-corrected chi connectivity index (χ3v) is 3.81. The molecule has 0 unspecified atom stereocenters. The Morgan fingerprint density at radius 2 is 2.36 bits per heavy atom. The molecule has 2 heterocycles. The van der Waals surface area contributed by atoms with E-state index < -0.39 is 0 Å². The molecule has 0 amide bonds. The van der Waals surface area contributed by atoms with Crippen LogP contribution in [0.25, 0.3) is 10.6 Å². The van der Waals surface area contributed by atoms with Gasteiger partial charge in [0.2, 0.25) is 0 Å². The molecule has 0 aromatic carbocycles. The van der Waals surface area contributed by atoms with Gasteiger partial charge in [0, 0.05) is 5.38 Å². The minimum atomic E-state index is 0.426. The van der Waals surface area contributed by atoms with Gasteiger partial charge in [0.1, 0.15) is 11.3 Å². The van der Waals surface area contributed by atoms with E-state index in [0.717, 1.165) is 17.0 Å². The van der Waals surface area contributed by atoms with Crippen molar-refractivity contribution in [3.63, 3.8) is 0 Å². The van der Waals surface area contributed by atoms with E-state index in [1.807, 2.05) is 5.38 Å². The Morgan fingerprint density at radius 1 is 1.50 bits per heavy atom. The van der Waals surface area contributed by atoms with Crippen molar-refractivity contribution >= 4 is 29.0 Å². The van der Waals surface area contributed by atoms with Crippen LogP contribution in [-0.2, 0) is 11.2 Å². The summed E-state index contributed by atoms with van der Waals surface area (Å²) in [7, 11) is 0. The van der Waals surface area contributed by atoms with Gasteiger partial charge in [-0.2, -0.15) is 0 Å². The second-order valence-electron chi connectivity index (χ2n) is 2.93. The van der Waals surface area contributed by atoms with Crippen molar-refractivity contribution in [1.29, 1.82) is 0 Å². The molecule has 72 valence electrons. The zero-order valence-electron chi connectivity index (χ0n) is 7.69. The Labute approximate surface area is 90.2 Å². The summed E-state index contributed by atoms with van der Waals surface area (Å²) in [5, 5.41) is 4.96. The lowest BCUT2D eigenvalue weighted by Crippen LogP contribution is -1.83. The maximum atomic E-state index is 10.3. The maximum Gasteiger partial charge on any atom is 0.126 e. The van der Waals surface area contributed by atoms with E-state index in [4.69, 9.17) is 0 Å². The van der Waals surface area contributed by atoms with Crippen LogP contribution in [0.3, 0.4) is 0 Å². The van der Waals surface area contributed by atoms with Crippen molar-refractivity contribution < 1.29 is 4.79 Å². The van der Waals surface area contributed by atoms with E-state index in [0.29, 0.717) is 6.42 Å². The summed E-state index contributed by atoms with van der Waals surface area (Å²) in [6.07, 6.45) is 1.32. The molecule has 0 saturated carbocycles. The highest BCUT2D eigenvalue weighted by Crippen LogP contribution is 2.29. The number of hydrogen-bond donors (Lipinski definition) is 0. The fourth-order valence-corrected chi connectivity index (χ4v) is 2.91. The van der Waals surface area contributed by atoms with E-state index >= 15 is 0 Å². The number of thiophene rings is 1. The summed E-state index contributed by atoms with van der Waals surface area (Å²) in [5.41, 5.74) is 2.25. The van der Waals surface area contributed by atoms with Crippen LogP contribution in [0.5, 0.6) is 0 Å². The molecule has 14 heavy (non-hydrogen) atoms. The van der Waals surface area contributed by atoms with Gasteiger partial charge in [0.05, 0.1) is 17.0 Å². The van der Waals surface area contributed by atoms with E-state index in [9.17, 15) is 4.79 Å². The summed E-state index contributed by atoms with van der Waals surface area (Å²) in [6.45, 7) is 2.07. The SMILES string of the molecule is Cc1ccsc1-c1csc(CC=O)n1. The number of hydrogen-bond acceptors (Lipinski definition) is 4. The number of nitrogens with zero attached hydrogens (tertiary/aromatic N) is 1. The molecule has 0 atom stereocenters. The van der Waals surface area contributed by atoms with Gasteiger partial charge in [-0.05, 0) is 23.9 Å². The third-order valence-electron chi connectivity index (χ3n) is 1.90. The molecule has 2 nitrogen and oxygen atoms in total. The van der Waals surface area contributed by atoms with Crippen LogP contribution in [-0.4, -0.2) is 11.3 Å². The Hall–Kier alpha value is -1.00. The molecule has 0 aliphatic rings. The van der Waals surface area contributed by atoms with Gasteiger partial charge in [-0.1, -0.05) is 0 Å². The highest BCUT2D eigenvalue weighted by Gasteiger charge is 2.07. The van der Waals surface area contributed by atoms with Gasteiger partial charge in [-0.15, -0.1) is 22.7 Å². The van der Waals surface area contributed by atoms with E-state index in [1.165, 1.54) is 10.4 Å². The number of aryl methyl sites for hydroxylation is 1. The van der Waals surface area contributed by atoms with Crippen molar-refractivity contribution in [3.8, 4) is 10.6 Å². The minimum absolute atomic E-state index is 0.426. The first kappa shape index (κ1) is 9.55. The second-order valence-corrected chi connectivity index (χ2v) is 4.79. The van der Waals surface area contributed by atoms with Crippen molar-refractivity contribution in [2.24, 2.45) is 0 Å². The fraction of sp³-hybridized carbons (Fsp3) is 0.200. The van der Waals surface area contributed by atoms with Crippen molar-refractivity contribution in [3.05, 3.63) is 27.4 Å². The number of rotatable bonds is 3. The van der Waals surface area contributed by atoms with Crippen LogP contribution in [0, 0.1) is 6.92 Å². The fourth-order valence-electron chi connectivity index (χ4n) is 1.22. The predicted octanol–water partition coefficient (Wildman–Crippen LogP) is 2.92. The van der Waals surface area contributed by atoms with Crippen LogP contribution in [0.4, 0.5) is 0 Å². The number of carbonyl (C=O) groups is 1. The molecular formula is C10H9NOS2. The molecule has 0 fully saturated rings. The van der Waals surface area contributed by atoms with Crippen LogP contribution < -0.4 is 0 Å². The van der Waals surface area contributed by atoms with Crippen LogP contribution >= 0.6 is 22.7 Å². The lowest BCUT2D eigenvalue weighted by atomic mass is 10.2. The molecule has 0 spiro atoms. The molecule has 0 aliphatic carbocycles. The van der Waals surface area contributed by atoms with E-state index in [2.05, 4.69) is 23.4 Å². The maximum absolute atomic E-state index is 10.3. The Balaban J connectivity index is 2.33. The van der Waals surface area contributed by atoms with Crippen LogP contribution in [0.1, 0.15) is 10.6 Å². The molecule has 0 aliphatic heterocycles. The summed E-state index contributed by atoms with van der Waals surface area (Å²) in [4.78, 5) is 15.9. The van der Waals surface area contributed by atoms with Gasteiger partial charge in [0.15, 0.2) is 0 Å². The lowest BCUT2D eigenvalue weighted by Gasteiger charge is -1.91. The number of thiazole rings is 1. The summed E-state index contributed by atoms with van der Waals surface area (Å²) in [6, 6.07) is 2.08. The Kier molecular flexibility index (Phi) is 2.74. The monoisotopic (exact) mass is 223 g/mol. The average molecular weight is 223 g/mol. The van der Waals surface area contributed by atoms with Gasteiger partial charge in [0.25, 0.3) is 0 Å². The first-order valence-corrected chi connectivity index (χ1v) is 5.99. The normalized spacial score (nSPS) is 10.4. The smallest absolute Gasteiger partial charge is 0.126 e. The first-order chi connectivity index (χ1) is 6.81. The van der Waals surface area contributed by atoms with Gasteiger partial charge in [-0.25, -0.2) is 4.98 Å². The standard InChI is InChI=1S/C10H9NOS2/c1-7-3-5-13-10(7)8-6-14-9(11-8)2-4-12/h3-6H,2H2,1H3. The average Bonchev–Trinajstić information content (AvgIpc) is 2.74. The van der Waals surface area contributed by atoms with Crippen LogP contribution in [0.2, 0.25) is 0 Å². The molecule has 2 aromatic heterocycles. The third kappa shape index (κ3) is 1.76. The van der Waals surface area contributed by atoms with Gasteiger partial charge in [-0.3, -0.25) is 0 Å².